The number of hydrogen-bond donors (Lipinski definition) is 2. The van der Waals surface area contributed by atoms with Crippen LogP contribution in [0.1, 0.15) is 22.2 Å². The van der Waals surface area contributed by atoms with Gasteiger partial charge in [0.15, 0.2) is 0 Å². The summed E-state index contributed by atoms with van der Waals surface area (Å²) in [5.74, 6) is -1.15. The highest BCUT2D eigenvalue weighted by molar-refractivity contribution is 7.92. The van der Waals surface area contributed by atoms with Crippen molar-refractivity contribution in [1.29, 1.82) is 0 Å². The fourth-order valence-electron chi connectivity index (χ4n) is 1.66. The lowest BCUT2D eigenvalue weighted by Gasteiger charge is -2.08. The first-order valence-corrected chi connectivity index (χ1v) is 8.23. The third kappa shape index (κ3) is 3.00. The number of rotatable bonds is 5. The van der Waals surface area contributed by atoms with Gasteiger partial charge in [0.05, 0.1) is 10.6 Å². The molecule has 106 valence electrons. The number of carboxylic acids is 1. The molecule has 0 aliphatic rings. The van der Waals surface area contributed by atoms with Crippen LogP contribution in [0.25, 0.3) is 0 Å². The smallest absolute Gasteiger partial charge is 0.348 e. The van der Waals surface area contributed by atoms with E-state index in [0.717, 1.165) is 23.3 Å². The Morgan fingerprint density at radius 2 is 1.90 bits per heavy atom. The number of carbonyl (C=O) groups is 1. The van der Waals surface area contributed by atoms with Crippen LogP contribution in [0.15, 0.2) is 40.6 Å². The van der Waals surface area contributed by atoms with E-state index in [1.54, 1.807) is 12.1 Å². The predicted octanol–water partition coefficient (Wildman–Crippen LogP) is 2.81. The molecule has 20 heavy (non-hydrogen) atoms. The van der Waals surface area contributed by atoms with E-state index in [1.807, 2.05) is 6.92 Å². The molecule has 0 radical (unpaired) electrons. The number of hydrogen-bond acceptors (Lipinski definition) is 4. The Bertz CT molecular complexity index is 717. The minimum atomic E-state index is -3.77. The van der Waals surface area contributed by atoms with Crippen molar-refractivity contribution in [2.24, 2.45) is 0 Å². The summed E-state index contributed by atoms with van der Waals surface area (Å²) in [6, 6.07) is 7.93. The first-order valence-electron chi connectivity index (χ1n) is 5.86. The first kappa shape index (κ1) is 14.5. The molecule has 0 fully saturated rings. The number of nitrogens with one attached hydrogen (secondary N) is 1. The summed E-state index contributed by atoms with van der Waals surface area (Å²) in [5, 5.41) is 10.5. The van der Waals surface area contributed by atoms with E-state index < -0.39 is 16.0 Å². The molecule has 0 unspecified atom stereocenters. The van der Waals surface area contributed by atoms with Gasteiger partial charge < -0.3 is 5.11 Å². The number of anilines is 1. The maximum atomic E-state index is 12.2. The van der Waals surface area contributed by atoms with Gasteiger partial charge in [-0.1, -0.05) is 19.1 Å². The van der Waals surface area contributed by atoms with Crippen LogP contribution < -0.4 is 4.72 Å². The molecule has 2 rings (SSSR count). The molecule has 1 aromatic heterocycles. The van der Waals surface area contributed by atoms with E-state index in [0.29, 0.717) is 0 Å². The molecule has 2 N–H and O–H groups in total. The molecule has 0 saturated heterocycles. The van der Waals surface area contributed by atoms with Gasteiger partial charge in [-0.15, -0.1) is 11.3 Å². The van der Waals surface area contributed by atoms with Crippen molar-refractivity contribution in [2.45, 2.75) is 18.2 Å². The van der Waals surface area contributed by atoms with Crippen LogP contribution in [-0.2, 0) is 16.4 Å². The molecule has 2 aromatic rings. The molecule has 0 aliphatic carbocycles. The minimum Gasteiger partial charge on any atom is -0.477 e. The molecule has 0 spiro atoms. The van der Waals surface area contributed by atoms with Gasteiger partial charge in [0.1, 0.15) is 4.88 Å². The fraction of sp³-hybridized carbons (Fsp3) is 0.154. The van der Waals surface area contributed by atoms with Crippen molar-refractivity contribution in [3.8, 4) is 0 Å². The highest BCUT2D eigenvalue weighted by Crippen LogP contribution is 2.25. The quantitative estimate of drug-likeness (QED) is 0.889. The number of aromatic carboxylic acids is 1. The second-order valence-electron chi connectivity index (χ2n) is 4.07. The lowest BCUT2D eigenvalue weighted by Crippen LogP contribution is -2.14. The van der Waals surface area contributed by atoms with Gasteiger partial charge in [0.25, 0.3) is 10.0 Å². The Morgan fingerprint density at radius 3 is 2.45 bits per heavy atom. The predicted molar refractivity (Wildman–Crippen MR) is 77.9 cm³/mol. The third-order valence-electron chi connectivity index (χ3n) is 2.75. The van der Waals surface area contributed by atoms with E-state index in [9.17, 15) is 13.2 Å². The monoisotopic (exact) mass is 311 g/mol. The van der Waals surface area contributed by atoms with Crippen LogP contribution in [-0.4, -0.2) is 19.5 Å². The van der Waals surface area contributed by atoms with E-state index in [-0.39, 0.29) is 15.5 Å². The van der Waals surface area contributed by atoms with E-state index >= 15 is 0 Å². The van der Waals surface area contributed by atoms with Crippen molar-refractivity contribution in [1.82, 2.24) is 0 Å². The van der Waals surface area contributed by atoms with E-state index in [2.05, 4.69) is 4.72 Å². The summed E-state index contributed by atoms with van der Waals surface area (Å²) < 4.78 is 26.7. The van der Waals surface area contributed by atoms with E-state index in [1.165, 1.54) is 23.6 Å². The van der Waals surface area contributed by atoms with Gasteiger partial charge in [-0.25, -0.2) is 13.2 Å². The Balaban J connectivity index is 2.30. The average molecular weight is 311 g/mol. The number of carboxylic acid groups (broad SMARTS) is 1. The fourth-order valence-corrected chi connectivity index (χ4v) is 3.49. The molecular weight excluding hydrogens is 298 g/mol. The van der Waals surface area contributed by atoms with Gasteiger partial charge in [0, 0.05) is 0 Å². The summed E-state index contributed by atoms with van der Waals surface area (Å²) in [6.45, 7) is 1.98. The highest BCUT2D eigenvalue weighted by Gasteiger charge is 2.19. The number of aryl methyl sites for hydroxylation is 1. The van der Waals surface area contributed by atoms with Crippen molar-refractivity contribution < 1.29 is 18.3 Å². The zero-order valence-electron chi connectivity index (χ0n) is 10.7. The van der Waals surface area contributed by atoms with Crippen LogP contribution in [0, 0.1) is 0 Å². The molecule has 1 aromatic carbocycles. The normalized spacial score (nSPS) is 11.2. The molecule has 0 bridgehead atoms. The van der Waals surface area contributed by atoms with Crippen molar-refractivity contribution in [2.75, 3.05) is 4.72 Å². The molecule has 0 amide bonds. The van der Waals surface area contributed by atoms with Gasteiger partial charge in [-0.05, 0) is 35.6 Å². The zero-order valence-corrected chi connectivity index (χ0v) is 12.3. The maximum absolute atomic E-state index is 12.2. The summed E-state index contributed by atoms with van der Waals surface area (Å²) in [6.07, 6.45) is 0.821. The molecule has 0 saturated carbocycles. The molecule has 7 heteroatoms. The summed E-state index contributed by atoms with van der Waals surface area (Å²) >= 11 is 0.973. The van der Waals surface area contributed by atoms with Crippen LogP contribution in [0.5, 0.6) is 0 Å². The largest absolute Gasteiger partial charge is 0.477 e. The van der Waals surface area contributed by atoms with Crippen molar-refractivity contribution in [3.63, 3.8) is 0 Å². The summed E-state index contributed by atoms with van der Waals surface area (Å²) in [7, 11) is -3.77. The van der Waals surface area contributed by atoms with Gasteiger partial charge in [-0.2, -0.15) is 0 Å². The zero-order chi connectivity index (χ0) is 14.8. The minimum absolute atomic E-state index is 0.0289. The average Bonchev–Trinajstić information content (AvgIpc) is 2.86. The first-order chi connectivity index (χ1) is 9.44. The second-order valence-corrected chi connectivity index (χ2v) is 6.67. The number of thiophene rings is 1. The third-order valence-corrected chi connectivity index (χ3v) is 5.03. The standard InChI is InChI=1S/C13H13NO4S2/c1-2-9-3-5-10(6-4-9)20(17,18)14-11-7-8-19-12(11)13(15)16/h3-8,14H,2H2,1H3,(H,15,16). The lowest BCUT2D eigenvalue weighted by atomic mass is 10.2. The Morgan fingerprint density at radius 1 is 1.25 bits per heavy atom. The van der Waals surface area contributed by atoms with Gasteiger partial charge in [0.2, 0.25) is 0 Å². The topological polar surface area (TPSA) is 83.5 Å². The molecule has 0 aliphatic heterocycles. The SMILES string of the molecule is CCc1ccc(S(=O)(=O)Nc2ccsc2C(=O)O)cc1. The summed E-state index contributed by atoms with van der Waals surface area (Å²) in [4.78, 5) is 11.0. The lowest BCUT2D eigenvalue weighted by molar-refractivity contribution is 0.0703. The van der Waals surface area contributed by atoms with Crippen LogP contribution in [0.4, 0.5) is 5.69 Å². The Kier molecular flexibility index (Phi) is 4.10. The van der Waals surface area contributed by atoms with Crippen molar-refractivity contribution in [3.05, 3.63) is 46.2 Å². The second kappa shape index (κ2) is 5.64. The van der Waals surface area contributed by atoms with Crippen LogP contribution in [0.2, 0.25) is 0 Å². The molecule has 0 atom stereocenters. The maximum Gasteiger partial charge on any atom is 0.348 e. The molecule has 1 heterocycles. The Hall–Kier alpha value is -1.86. The highest BCUT2D eigenvalue weighted by atomic mass is 32.2. The molecular formula is C13H13NO4S2. The van der Waals surface area contributed by atoms with Crippen LogP contribution >= 0.6 is 11.3 Å². The van der Waals surface area contributed by atoms with Crippen LogP contribution in [0.3, 0.4) is 0 Å². The van der Waals surface area contributed by atoms with Crippen molar-refractivity contribution >= 4 is 33.0 Å². The van der Waals surface area contributed by atoms with Gasteiger partial charge >= 0.3 is 5.97 Å². The van der Waals surface area contributed by atoms with Gasteiger partial charge in [-0.3, -0.25) is 4.72 Å². The number of benzene rings is 1. The Labute approximate surface area is 120 Å². The van der Waals surface area contributed by atoms with E-state index in [4.69, 9.17) is 5.11 Å². The molecule has 5 nitrogen and oxygen atoms in total. The number of sulfonamides is 1. The summed E-state index contributed by atoms with van der Waals surface area (Å²) in [5.41, 5.74) is 1.12.